The molecule has 1 aromatic carbocycles. The summed E-state index contributed by atoms with van der Waals surface area (Å²) in [5, 5.41) is 36.6. The lowest BCUT2D eigenvalue weighted by molar-refractivity contribution is -0.0588. The smallest absolute Gasteiger partial charge is 0.310 e. The normalized spacial score (nSPS) is 26.1. The number of rotatable bonds is 5. The van der Waals surface area contributed by atoms with Crippen LogP contribution in [-0.2, 0) is 4.74 Å². The molecule has 1 aromatic heterocycles. The van der Waals surface area contributed by atoms with Gasteiger partial charge in [0, 0.05) is 0 Å². The SMILES string of the molecule is O=C(N/N=C\c1ccc2c(c1)OCO2)c1ncn([C@@H]2O[C@H](CO)[C@@H](O)[C@H]2O)n1. The Bertz CT molecular complexity index is 901. The fourth-order valence-electron chi connectivity index (χ4n) is 2.81. The van der Waals surface area contributed by atoms with E-state index >= 15 is 0 Å². The number of ether oxygens (including phenoxy) is 3. The fourth-order valence-corrected chi connectivity index (χ4v) is 2.81. The number of carbonyl (C=O) groups excluding carboxylic acids is 1. The molecule has 0 aliphatic carbocycles. The van der Waals surface area contributed by atoms with Gasteiger partial charge in [-0.15, -0.1) is 5.10 Å². The van der Waals surface area contributed by atoms with Crippen LogP contribution in [0.25, 0.3) is 0 Å². The third kappa shape index (κ3) is 3.41. The first-order valence-electron chi connectivity index (χ1n) is 8.33. The standard InChI is InChI=1S/C16H17N5O7/c22-5-11-12(23)13(24)16(28-11)21-6-17-14(20-21)15(25)19-18-4-8-1-2-9-10(3-8)27-7-26-9/h1-4,6,11-13,16,22-24H,5,7H2,(H,19,25)/b18-4-/t11-,12-,13-,16-/m1/s1. The van der Waals surface area contributed by atoms with Gasteiger partial charge >= 0.3 is 5.91 Å². The molecule has 1 saturated heterocycles. The third-order valence-corrected chi connectivity index (χ3v) is 4.27. The minimum Gasteiger partial charge on any atom is -0.454 e. The number of hydrogen-bond donors (Lipinski definition) is 4. The Balaban J connectivity index is 1.38. The van der Waals surface area contributed by atoms with Crippen molar-refractivity contribution in [2.24, 2.45) is 5.10 Å². The molecule has 4 rings (SSSR count). The lowest BCUT2D eigenvalue weighted by Gasteiger charge is -2.13. The zero-order valence-electron chi connectivity index (χ0n) is 14.4. The highest BCUT2D eigenvalue weighted by atomic mass is 16.7. The number of hydrogen-bond acceptors (Lipinski definition) is 10. The Morgan fingerprint density at radius 2 is 2.14 bits per heavy atom. The number of carbonyl (C=O) groups is 1. The minimum atomic E-state index is -1.32. The Hall–Kier alpha value is -3.06. The monoisotopic (exact) mass is 391 g/mol. The second-order valence-corrected chi connectivity index (χ2v) is 6.09. The van der Waals surface area contributed by atoms with Crippen molar-refractivity contribution in [1.82, 2.24) is 20.2 Å². The first-order valence-corrected chi connectivity index (χ1v) is 8.33. The molecular weight excluding hydrogens is 374 g/mol. The van der Waals surface area contributed by atoms with Crippen LogP contribution in [0.4, 0.5) is 0 Å². The number of aliphatic hydroxyl groups excluding tert-OH is 3. The van der Waals surface area contributed by atoms with Crippen LogP contribution < -0.4 is 14.9 Å². The van der Waals surface area contributed by atoms with E-state index in [-0.39, 0.29) is 12.6 Å². The van der Waals surface area contributed by atoms with E-state index in [1.807, 2.05) is 0 Å². The van der Waals surface area contributed by atoms with Crippen molar-refractivity contribution in [3.63, 3.8) is 0 Å². The van der Waals surface area contributed by atoms with Crippen LogP contribution in [0.5, 0.6) is 11.5 Å². The lowest BCUT2D eigenvalue weighted by Crippen LogP contribution is -2.33. The minimum absolute atomic E-state index is 0.163. The second-order valence-electron chi connectivity index (χ2n) is 6.09. The van der Waals surface area contributed by atoms with E-state index in [1.54, 1.807) is 18.2 Å². The van der Waals surface area contributed by atoms with E-state index in [9.17, 15) is 15.0 Å². The molecule has 4 N–H and O–H groups in total. The third-order valence-electron chi connectivity index (χ3n) is 4.27. The van der Waals surface area contributed by atoms with Gasteiger partial charge in [0.25, 0.3) is 0 Å². The number of aromatic nitrogens is 3. The summed E-state index contributed by atoms with van der Waals surface area (Å²) in [7, 11) is 0. The molecule has 148 valence electrons. The Morgan fingerprint density at radius 3 is 2.93 bits per heavy atom. The highest BCUT2D eigenvalue weighted by Crippen LogP contribution is 2.32. The van der Waals surface area contributed by atoms with Crippen molar-refractivity contribution in [3.8, 4) is 11.5 Å². The quantitative estimate of drug-likeness (QED) is 0.347. The Kier molecular flexibility index (Phi) is 4.92. The summed E-state index contributed by atoms with van der Waals surface area (Å²) in [4.78, 5) is 16.0. The van der Waals surface area contributed by atoms with Gasteiger partial charge in [0.15, 0.2) is 17.7 Å². The average molecular weight is 391 g/mol. The van der Waals surface area contributed by atoms with Crippen LogP contribution >= 0.6 is 0 Å². The summed E-state index contributed by atoms with van der Waals surface area (Å²) in [5.41, 5.74) is 2.98. The molecule has 4 atom stereocenters. The van der Waals surface area contributed by atoms with Gasteiger partial charge in [0.2, 0.25) is 12.6 Å². The van der Waals surface area contributed by atoms with Gasteiger partial charge in [0.1, 0.15) is 24.6 Å². The van der Waals surface area contributed by atoms with Crippen LogP contribution in [0.2, 0.25) is 0 Å². The summed E-state index contributed by atoms with van der Waals surface area (Å²) in [6, 6.07) is 5.19. The largest absolute Gasteiger partial charge is 0.454 e. The molecule has 12 heteroatoms. The number of amides is 1. The summed E-state index contributed by atoms with van der Waals surface area (Å²) >= 11 is 0. The van der Waals surface area contributed by atoms with Crippen molar-refractivity contribution in [2.75, 3.05) is 13.4 Å². The van der Waals surface area contributed by atoms with Crippen molar-refractivity contribution in [3.05, 3.63) is 35.9 Å². The number of nitrogens with zero attached hydrogens (tertiary/aromatic N) is 4. The van der Waals surface area contributed by atoms with Gasteiger partial charge in [-0.1, -0.05) is 0 Å². The van der Waals surface area contributed by atoms with Crippen LogP contribution in [0, 0.1) is 0 Å². The molecule has 2 aromatic rings. The zero-order valence-corrected chi connectivity index (χ0v) is 14.4. The summed E-state index contributed by atoms with van der Waals surface area (Å²) in [6.07, 6.45) is -2.02. The fraction of sp³-hybridized carbons (Fsp3) is 0.375. The number of benzene rings is 1. The number of nitrogens with one attached hydrogen (secondary N) is 1. The molecule has 2 aliphatic heterocycles. The van der Waals surface area contributed by atoms with Crippen LogP contribution in [0.1, 0.15) is 22.4 Å². The van der Waals surface area contributed by atoms with E-state index in [0.717, 1.165) is 4.68 Å². The van der Waals surface area contributed by atoms with Crippen LogP contribution in [0.15, 0.2) is 29.6 Å². The molecule has 1 fully saturated rings. The van der Waals surface area contributed by atoms with Crippen LogP contribution in [-0.4, -0.2) is 73.9 Å². The molecule has 2 aliphatic rings. The van der Waals surface area contributed by atoms with E-state index < -0.39 is 37.1 Å². The van der Waals surface area contributed by atoms with Gasteiger partial charge in [-0.2, -0.15) is 5.10 Å². The van der Waals surface area contributed by atoms with E-state index in [0.29, 0.717) is 17.1 Å². The molecule has 0 spiro atoms. The van der Waals surface area contributed by atoms with Crippen molar-refractivity contribution < 1.29 is 34.3 Å². The van der Waals surface area contributed by atoms with Gasteiger partial charge in [-0.25, -0.2) is 15.1 Å². The predicted octanol–water partition coefficient (Wildman–Crippen LogP) is -1.62. The van der Waals surface area contributed by atoms with Crippen molar-refractivity contribution in [2.45, 2.75) is 24.5 Å². The molecular formula is C16H17N5O7. The predicted molar refractivity (Wildman–Crippen MR) is 90.7 cm³/mol. The van der Waals surface area contributed by atoms with Gasteiger partial charge in [-0.3, -0.25) is 4.79 Å². The molecule has 1 amide bonds. The maximum Gasteiger partial charge on any atom is 0.310 e. The van der Waals surface area contributed by atoms with E-state index in [4.69, 9.17) is 19.3 Å². The second kappa shape index (κ2) is 7.52. The van der Waals surface area contributed by atoms with Crippen LogP contribution in [0.3, 0.4) is 0 Å². The molecule has 28 heavy (non-hydrogen) atoms. The molecule has 0 radical (unpaired) electrons. The Labute approximate surface area is 158 Å². The van der Waals surface area contributed by atoms with E-state index in [1.165, 1.54) is 12.5 Å². The topological polar surface area (TPSA) is 161 Å². The highest BCUT2D eigenvalue weighted by Gasteiger charge is 2.44. The van der Waals surface area contributed by atoms with Gasteiger partial charge in [0.05, 0.1) is 12.8 Å². The first kappa shape index (κ1) is 18.3. The summed E-state index contributed by atoms with van der Waals surface area (Å²) < 4.78 is 16.9. The Morgan fingerprint density at radius 1 is 1.32 bits per heavy atom. The average Bonchev–Trinajstić information content (AvgIpc) is 3.42. The summed E-state index contributed by atoms with van der Waals surface area (Å²) in [6.45, 7) is -0.304. The van der Waals surface area contributed by atoms with Crippen molar-refractivity contribution in [1.29, 1.82) is 0 Å². The number of fused-ring (bicyclic) bond motifs is 1. The maximum absolute atomic E-state index is 12.1. The highest BCUT2D eigenvalue weighted by molar-refractivity contribution is 5.91. The molecule has 3 heterocycles. The lowest BCUT2D eigenvalue weighted by atomic mass is 10.1. The van der Waals surface area contributed by atoms with Gasteiger partial charge < -0.3 is 29.5 Å². The first-order chi connectivity index (χ1) is 13.6. The molecule has 12 nitrogen and oxygen atoms in total. The molecule has 0 bridgehead atoms. The maximum atomic E-state index is 12.1. The summed E-state index contributed by atoms with van der Waals surface area (Å²) in [5.74, 6) is 0.345. The number of aliphatic hydroxyl groups is 3. The molecule has 0 unspecified atom stereocenters. The van der Waals surface area contributed by atoms with E-state index in [2.05, 4.69) is 20.6 Å². The number of hydrazone groups is 1. The van der Waals surface area contributed by atoms with Gasteiger partial charge in [-0.05, 0) is 23.8 Å². The van der Waals surface area contributed by atoms with Crippen molar-refractivity contribution >= 4 is 12.1 Å². The molecule has 0 saturated carbocycles. The zero-order chi connectivity index (χ0) is 19.7.